The minimum atomic E-state index is -0.393. The smallest absolute Gasteiger partial charge is 0.277 e. The Hall–Kier alpha value is -2.47. The van der Waals surface area contributed by atoms with Gasteiger partial charge in [-0.1, -0.05) is 12.1 Å². The molecule has 0 saturated carbocycles. The Morgan fingerprint density at radius 3 is 2.70 bits per heavy atom. The number of hydrogen-bond acceptors (Lipinski definition) is 4. The van der Waals surface area contributed by atoms with E-state index in [1.54, 1.807) is 36.7 Å². The van der Waals surface area contributed by atoms with E-state index >= 15 is 0 Å². The highest BCUT2D eigenvalue weighted by atomic mass is 32.1. The molecule has 0 bridgehead atoms. The monoisotopic (exact) mass is 288 g/mol. The number of nitrogens with zero attached hydrogens (tertiary/aromatic N) is 2. The number of benzene rings is 1. The second kappa shape index (κ2) is 4.90. The highest BCUT2D eigenvalue weighted by molar-refractivity contribution is 7.17. The van der Waals surface area contributed by atoms with Gasteiger partial charge in [-0.05, 0) is 24.3 Å². The van der Waals surface area contributed by atoms with Crippen LogP contribution in [0.3, 0.4) is 0 Å². The van der Waals surface area contributed by atoms with Crippen molar-refractivity contribution < 1.29 is 14.3 Å². The average molecular weight is 288 g/mol. The van der Waals surface area contributed by atoms with Gasteiger partial charge >= 0.3 is 0 Å². The maximum Gasteiger partial charge on any atom is 0.277 e. The minimum absolute atomic E-state index is 0.125. The lowest BCUT2D eigenvalue weighted by Crippen LogP contribution is -2.07. The number of rotatable bonds is 2. The van der Waals surface area contributed by atoms with E-state index in [1.165, 1.54) is 16.7 Å². The van der Waals surface area contributed by atoms with Crippen molar-refractivity contribution in [3.05, 3.63) is 59.5 Å². The van der Waals surface area contributed by atoms with Gasteiger partial charge in [-0.2, -0.15) is 0 Å². The largest absolute Gasteiger partial charge is 0.492 e. The number of hydrogen-bond donors (Lipinski definition) is 1. The van der Waals surface area contributed by atoms with E-state index in [0.717, 1.165) is 11.3 Å². The summed E-state index contributed by atoms with van der Waals surface area (Å²) < 4.78 is 14.5. The Balaban J connectivity index is 2.01. The van der Waals surface area contributed by atoms with E-state index in [1.807, 2.05) is 0 Å². The van der Waals surface area contributed by atoms with E-state index in [2.05, 4.69) is 4.98 Å². The molecule has 0 amide bonds. The maximum absolute atomic E-state index is 13.2. The van der Waals surface area contributed by atoms with Crippen molar-refractivity contribution in [1.29, 1.82) is 0 Å². The third kappa shape index (κ3) is 2.21. The third-order valence-electron chi connectivity index (χ3n) is 2.71. The van der Waals surface area contributed by atoms with Crippen molar-refractivity contribution in [2.24, 2.45) is 0 Å². The van der Waals surface area contributed by atoms with Gasteiger partial charge in [0.15, 0.2) is 4.88 Å². The zero-order chi connectivity index (χ0) is 14.1. The van der Waals surface area contributed by atoms with Crippen molar-refractivity contribution in [3.63, 3.8) is 0 Å². The van der Waals surface area contributed by atoms with Gasteiger partial charge in [0.1, 0.15) is 10.8 Å². The molecule has 0 fully saturated rings. The molecule has 0 aliphatic rings. The summed E-state index contributed by atoms with van der Waals surface area (Å²) in [5.74, 6) is -1.10. The molecule has 20 heavy (non-hydrogen) atoms. The van der Waals surface area contributed by atoms with Gasteiger partial charge in [0.2, 0.25) is 5.88 Å². The van der Waals surface area contributed by atoms with Crippen molar-refractivity contribution in [1.82, 2.24) is 9.55 Å². The summed E-state index contributed by atoms with van der Waals surface area (Å²) in [5, 5.41) is 10.2. The first-order valence-electron chi connectivity index (χ1n) is 5.78. The number of halogens is 1. The molecule has 2 heterocycles. The summed E-state index contributed by atoms with van der Waals surface area (Å²) in [6, 6.07) is 9.28. The molecule has 3 rings (SSSR count). The fourth-order valence-electron chi connectivity index (χ4n) is 1.78. The Morgan fingerprint density at radius 1 is 1.25 bits per heavy atom. The number of carbonyl (C=O) groups excluding carboxylic acids is 1. The standard InChI is InChI=1S/C14H9FN2O2S/c15-10-5-3-4-9(8-10)13-16-12(18)11(20-13)14(19)17-6-1-2-7-17/h1-8,18H. The summed E-state index contributed by atoms with van der Waals surface area (Å²) in [6.07, 6.45) is 3.17. The number of aromatic nitrogens is 2. The fourth-order valence-corrected chi connectivity index (χ4v) is 2.68. The van der Waals surface area contributed by atoms with Crippen LogP contribution in [0.15, 0.2) is 48.8 Å². The van der Waals surface area contributed by atoms with Crippen LogP contribution in [0.1, 0.15) is 9.67 Å². The molecule has 0 atom stereocenters. The second-order valence-corrected chi connectivity index (χ2v) is 5.08. The molecule has 0 unspecified atom stereocenters. The molecule has 0 aliphatic heterocycles. The Kier molecular flexibility index (Phi) is 3.08. The van der Waals surface area contributed by atoms with E-state index in [-0.39, 0.29) is 16.7 Å². The summed E-state index contributed by atoms with van der Waals surface area (Å²) in [4.78, 5) is 16.2. The SMILES string of the molecule is O=C(c1sc(-c2cccc(F)c2)nc1O)n1cccc1. The van der Waals surface area contributed by atoms with Crippen LogP contribution in [0.4, 0.5) is 4.39 Å². The average Bonchev–Trinajstić information content (AvgIpc) is 3.07. The van der Waals surface area contributed by atoms with E-state index in [9.17, 15) is 14.3 Å². The first kappa shape index (κ1) is 12.6. The topological polar surface area (TPSA) is 55.1 Å². The van der Waals surface area contributed by atoms with Crippen LogP contribution in [0, 0.1) is 5.82 Å². The zero-order valence-electron chi connectivity index (χ0n) is 10.2. The van der Waals surface area contributed by atoms with Crippen molar-refractivity contribution >= 4 is 17.2 Å². The Labute approximate surface area is 117 Å². The number of carbonyl (C=O) groups is 1. The third-order valence-corrected chi connectivity index (χ3v) is 3.80. The molecule has 0 saturated heterocycles. The van der Waals surface area contributed by atoms with E-state index < -0.39 is 5.82 Å². The van der Waals surface area contributed by atoms with Gasteiger partial charge < -0.3 is 5.11 Å². The fraction of sp³-hybridized carbons (Fsp3) is 0. The first-order valence-corrected chi connectivity index (χ1v) is 6.60. The van der Waals surface area contributed by atoms with Gasteiger partial charge in [-0.25, -0.2) is 9.37 Å². The lowest BCUT2D eigenvalue weighted by molar-refractivity contribution is 0.0961. The number of thiazole rings is 1. The lowest BCUT2D eigenvalue weighted by atomic mass is 10.2. The Morgan fingerprint density at radius 2 is 2.00 bits per heavy atom. The van der Waals surface area contributed by atoms with Crippen LogP contribution in [0.5, 0.6) is 5.88 Å². The molecule has 4 nitrogen and oxygen atoms in total. The molecule has 0 spiro atoms. The van der Waals surface area contributed by atoms with Crippen LogP contribution in [0.25, 0.3) is 10.6 Å². The van der Waals surface area contributed by atoms with Crippen LogP contribution < -0.4 is 0 Å². The predicted molar refractivity (Wildman–Crippen MR) is 73.3 cm³/mol. The van der Waals surface area contributed by atoms with Crippen LogP contribution in [-0.4, -0.2) is 20.6 Å². The van der Waals surface area contributed by atoms with Gasteiger partial charge in [0, 0.05) is 18.0 Å². The highest BCUT2D eigenvalue weighted by Crippen LogP contribution is 2.32. The molecular weight excluding hydrogens is 279 g/mol. The lowest BCUT2D eigenvalue weighted by Gasteiger charge is -1.97. The quantitative estimate of drug-likeness (QED) is 0.788. The van der Waals surface area contributed by atoms with Gasteiger partial charge in [0.05, 0.1) is 0 Å². The summed E-state index contributed by atoms with van der Waals surface area (Å²) in [6.45, 7) is 0. The van der Waals surface area contributed by atoms with Gasteiger partial charge in [0.25, 0.3) is 5.91 Å². The summed E-state index contributed by atoms with van der Waals surface area (Å²) in [7, 11) is 0. The molecule has 0 aliphatic carbocycles. The normalized spacial score (nSPS) is 10.7. The maximum atomic E-state index is 13.2. The molecule has 6 heteroatoms. The molecule has 1 aromatic carbocycles. The first-order chi connectivity index (χ1) is 9.65. The van der Waals surface area contributed by atoms with Crippen LogP contribution in [-0.2, 0) is 0 Å². The minimum Gasteiger partial charge on any atom is -0.492 e. The van der Waals surface area contributed by atoms with Crippen molar-refractivity contribution in [2.45, 2.75) is 0 Å². The molecule has 3 aromatic rings. The summed E-state index contributed by atoms with van der Waals surface area (Å²) >= 11 is 1.03. The second-order valence-electron chi connectivity index (χ2n) is 4.08. The van der Waals surface area contributed by atoms with Crippen LogP contribution >= 0.6 is 11.3 Å². The molecule has 100 valence electrons. The van der Waals surface area contributed by atoms with Gasteiger partial charge in [-0.3, -0.25) is 9.36 Å². The van der Waals surface area contributed by atoms with E-state index in [4.69, 9.17) is 0 Å². The predicted octanol–water partition coefficient (Wildman–Crippen LogP) is 3.14. The molecule has 2 aromatic heterocycles. The zero-order valence-corrected chi connectivity index (χ0v) is 11.0. The van der Waals surface area contributed by atoms with Crippen LogP contribution in [0.2, 0.25) is 0 Å². The van der Waals surface area contributed by atoms with E-state index in [0.29, 0.717) is 10.6 Å². The highest BCUT2D eigenvalue weighted by Gasteiger charge is 2.19. The molecule has 1 N–H and O–H groups in total. The summed E-state index contributed by atoms with van der Waals surface area (Å²) in [5.41, 5.74) is 0.525. The molecule has 0 radical (unpaired) electrons. The van der Waals surface area contributed by atoms with Crippen molar-refractivity contribution in [2.75, 3.05) is 0 Å². The molecular formula is C14H9FN2O2S. The Bertz CT molecular complexity index is 765. The van der Waals surface area contributed by atoms with Crippen molar-refractivity contribution in [3.8, 4) is 16.5 Å². The van der Waals surface area contributed by atoms with Gasteiger partial charge in [-0.15, -0.1) is 11.3 Å². The number of aromatic hydroxyl groups is 1.